The normalized spacial score (nSPS) is 12.0. The van der Waals surface area contributed by atoms with Gasteiger partial charge < -0.3 is 9.47 Å². The highest BCUT2D eigenvalue weighted by molar-refractivity contribution is 5.38. The van der Waals surface area contributed by atoms with E-state index in [1.165, 1.54) is 18.2 Å². The zero-order valence-corrected chi connectivity index (χ0v) is 12.7. The summed E-state index contributed by atoms with van der Waals surface area (Å²) < 4.78 is 10.4. The summed E-state index contributed by atoms with van der Waals surface area (Å²) in [6.07, 6.45) is 1.54. The van der Waals surface area contributed by atoms with Crippen molar-refractivity contribution < 1.29 is 9.47 Å². The number of nitrogens with one attached hydrogen (secondary N) is 1. The monoisotopic (exact) mass is 288 g/mol. The van der Waals surface area contributed by atoms with Crippen LogP contribution in [0.2, 0.25) is 0 Å². The number of methoxy groups -OCH3 is 2. The van der Waals surface area contributed by atoms with Gasteiger partial charge in [0.25, 0.3) is 0 Å². The van der Waals surface area contributed by atoms with Crippen LogP contribution in [0, 0.1) is 13.8 Å². The number of aryl methyl sites for hydroxylation is 2. The van der Waals surface area contributed by atoms with E-state index in [-0.39, 0.29) is 6.04 Å². The van der Waals surface area contributed by atoms with Gasteiger partial charge in [0.15, 0.2) is 0 Å². The molecule has 0 spiro atoms. The predicted octanol–water partition coefficient (Wildman–Crippen LogP) is 1.66. The first-order chi connectivity index (χ1) is 10.1. The van der Waals surface area contributed by atoms with Crippen molar-refractivity contribution in [3.8, 4) is 11.8 Å². The first kappa shape index (κ1) is 15.2. The van der Waals surface area contributed by atoms with E-state index in [4.69, 9.17) is 15.3 Å². The van der Waals surface area contributed by atoms with Crippen LogP contribution >= 0.6 is 0 Å². The van der Waals surface area contributed by atoms with Gasteiger partial charge in [0.1, 0.15) is 5.69 Å². The lowest BCUT2D eigenvalue weighted by molar-refractivity contribution is 0.352. The van der Waals surface area contributed by atoms with Crippen molar-refractivity contribution in [1.82, 2.24) is 15.4 Å². The zero-order chi connectivity index (χ0) is 15.4. The molecule has 0 saturated carbocycles. The van der Waals surface area contributed by atoms with E-state index in [1.54, 1.807) is 13.3 Å². The second kappa shape index (κ2) is 6.51. The molecule has 1 aromatic carbocycles. The predicted molar refractivity (Wildman–Crippen MR) is 80.2 cm³/mol. The molecule has 0 aliphatic carbocycles. The highest BCUT2D eigenvalue weighted by atomic mass is 16.5. The lowest BCUT2D eigenvalue weighted by Gasteiger charge is -2.19. The van der Waals surface area contributed by atoms with Crippen molar-refractivity contribution in [3.63, 3.8) is 0 Å². The summed E-state index contributed by atoms with van der Waals surface area (Å²) in [6.45, 7) is 4.13. The molecule has 1 heterocycles. The summed E-state index contributed by atoms with van der Waals surface area (Å²) >= 11 is 0. The Labute approximate surface area is 124 Å². The number of hydrogen-bond acceptors (Lipinski definition) is 6. The topological polar surface area (TPSA) is 82.3 Å². The van der Waals surface area contributed by atoms with Crippen molar-refractivity contribution in [2.24, 2.45) is 5.84 Å². The van der Waals surface area contributed by atoms with Crippen LogP contribution < -0.4 is 20.7 Å². The average Bonchev–Trinajstić information content (AvgIpc) is 2.51. The van der Waals surface area contributed by atoms with Gasteiger partial charge >= 0.3 is 0 Å². The standard InChI is InChI=1S/C15H20N4O2/c1-9-5-6-11(7-10(9)2)13(19-16)14-15(21-4)18-12(20-3)8-17-14/h5-8,13,19H,16H2,1-4H3. The van der Waals surface area contributed by atoms with Gasteiger partial charge in [0.05, 0.1) is 26.5 Å². The molecule has 3 N–H and O–H groups in total. The number of benzene rings is 1. The number of hydrogen-bond donors (Lipinski definition) is 2. The third kappa shape index (κ3) is 3.12. The van der Waals surface area contributed by atoms with E-state index >= 15 is 0 Å². The first-order valence-corrected chi connectivity index (χ1v) is 6.59. The van der Waals surface area contributed by atoms with Gasteiger partial charge in [0, 0.05) is 0 Å². The number of rotatable bonds is 5. The summed E-state index contributed by atoms with van der Waals surface area (Å²) in [6, 6.07) is 5.83. The van der Waals surface area contributed by atoms with Gasteiger partial charge in [-0.2, -0.15) is 4.98 Å². The lowest BCUT2D eigenvalue weighted by atomic mass is 9.99. The van der Waals surface area contributed by atoms with E-state index in [0.29, 0.717) is 17.5 Å². The van der Waals surface area contributed by atoms with Crippen molar-refractivity contribution in [2.45, 2.75) is 19.9 Å². The molecule has 1 aromatic heterocycles. The Balaban J connectivity index is 2.47. The maximum absolute atomic E-state index is 5.71. The van der Waals surface area contributed by atoms with E-state index < -0.39 is 0 Å². The number of ether oxygens (including phenoxy) is 2. The Bertz CT molecular complexity index is 631. The zero-order valence-electron chi connectivity index (χ0n) is 12.7. The molecule has 6 heteroatoms. The Morgan fingerprint density at radius 2 is 1.90 bits per heavy atom. The number of nitrogens with zero attached hydrogens (tertiary/aromatic N) is 2. The van der Waals surface area contributed by atoms with Gasteiger partial charge in [-0.1, -0.05) is 18.2 Å². The average molecular weight is 288 g/mol. The molecule has 21 heavy (non-hydrogen) atoms. The molecule has 2 rings (SSSR count). The Hall–Kier alpha value is -2.18. The van der Waals surface area contributed by atoms with Gasteiger partial charge in [-0.15, -0.1) is 0 Å². The third-order valence-corrected chi connectivity index (χ3v) is 3.45. The van der Waals surface area contributed by atoms with Crippen LogP contribution in [0.3, 0.4) is 0 Å². The van der Waals surface area contributed by atoms with Gasteiger partial charge in [-0.25, -0.2) is 10.4 Å². The number of aromatic nitrogens is 2. The third-order valence-electron chi connectivity index (χ3n) is 3.45. The molecule has 1 unspecified atom stereocenters. The second-order valence-corrected chi connectivity index (χ2v) is 4.75. The van der Waals surface area contributed by atoms with Gasteiger partial charge in [-0.3, -0.25) is 5.84 Å². The van der Waals surface area contributed by atoms with Crippen molar-refractivity contribution in [1.29, 1.82) is 0 Å². The summed E-state index contributed by atoms with van der Waals surface area (Å²) in [7, 11) is 3.08. The van der Waals surface area contributed by atoms with Crippen LogP contribution in [0.1, 0.15) is 28.4 Å². The Kier molecular flexibility index (Phi) is 4.72. The minimum Gasteiger partial charge on any atom is -0.480 e. The highest BCUT2D eigenvalue weighted by Gasteiger charge is 2.21. The minimum absolute atomic E-state index is 0.308. The highest BCUT2D eigenvalue weighted by Crippen LogP contribution is 2.28. The van der Waals surface area contributed by atoms with Crippen molar-refractivity contribution in [2.75, 3.05) is 14.2 Å². The van der Waals surface area contributed by atoms with Crippen LogP contribution in [0.15, 0.2) is 24.4 Å². The molecule has 2 aromatic rings. The maximum atomic E-state index is 5.71. The molecule has 0 bridgehead atoms. The van der Waals surface area contributed by atoms with Crippen LogP contribution in [0.4, 0.5) is 0 Å². The van der Waals surface area contributed by atoms with E-state index in [2.05, 4.69) is 41.4 Å². The molecule has 6 nitrogen and oxygen atoms in total. The van der Waals surface area contributed by atoms with Crippen LogP contribution in [-0.2, 0) is 0 Å². The molecule has 0 aliphatic rings. The molecule has 0 saturated heterocycles. The van der Waals surface area contributed by atoms with E-state index in [1.807, 2.05) is 6.07 Å². The fourth-order valence-electron chi connectivity index (χ4n) is 2.09. The fraction of sp³-hybridized carbons (Fsp3) is 0.333. The molecule has 112 valence electrons. The SMILES string of the molecule is COc1cnc(C(NN)c2ccc(C)c(C)c2)c(OC)n1. The molecule has 0 fully saturated rings. The Morgan fingerprint density at radius 3 is 2.48 bits per heavy atom. The second-order valence-electron chi connectivity index (χ2n) is 4.75. The molecule has 0 amide bonds. The molecular formula is C15H20N4O2. The number of nitrogens with two attached hydrogens (primary N) is 1. The van der Waals surface area contributed by atoms with Crippen LogP contribution in [0.25, 0.3) is 0 Å². The fourth-order valence-corrected chi connectivity index (χ4v) is 2.09. The lowest BCUT2D eigenvalue weighted by Crippen LogP contribution is -2.30. The Morgan fingerprint density at radius 1 is 1.14 bits per heavy atom. The summed E-state index contributed by atoms with van der Waals surface area (Å²) in [5.74, 6) is 6.49. The first-order valence-electron chi connectivity index (χ1n) is 6.59. The van der Waals surface area contributed by atoms with E-state index in [9.17, 15) is 0 Å². The van der Waals surface area contributed by atoms with Crippen LogP contribution in [-0.4, -0.2) is 24.2 Å². The molecular weight excluding hydrogens is 268 g/mol. The van der Waals surface area contributed by atoms with E-state index in [0.717, 1.165) is 5.56 Å². The van der Waals surface area contributed by atoms with Gasteiger partial charge in [0.2, 0.25) is 11.8 Å². The largest absolute Gasteiger partial charge is 0.480 e. The van der Waals surface area contributed by atoms with Gasteiger partial charge in [-0.05, 0) is 30.5 Å². The smallest absolute Gasteiger partial charge is 0.240 e. The van der Waals surface area contributed by atoms with Crippen molar-refractivity contribution in [3.05, 3.63) is 46.8 Å². The van der Waals surface area contributed by atoms with Crippen LogP contribution in [0.5, 0.6) is 11.8 Å². The summed E-state index contributed by atoms with van der Waals surface area (Å²) in [5, 5.41) is 0. The molecule has 0 radical (unpaired) electrons. The minimum atomic E-state index is -0.308. The quantitative estimate of drug-likeness (QED) is 0.643. The maximum Gasteiger partial charge on any atom is 0.240 e. The number of hydrazine groups is 1. The van der Waals surface area contributed by atoms with Crippen molar-refractivity contribution >= 4 is 0 Å². The molecule has 0 aliphatic heterocycles. The summed E-state index contributed by atoms with van der Waals surface area (Å²) in [5.41, 5.74) is 6.80. The summed E-state index contributed by atoms with van der Waals surface area (Å²) in [4.78, 5) is 8.61. The molecule has 1 atom stereocenters.